The molecule has 0 heterocycles. The summed E-state index contributed by atoms with van der Waals surface area (Å²) in [4.78, 5) is 21.7. The second-order valence-electron chi connectivity index (χ2n) is 5.83. The lowest BCUT2D eigenvalue weighted by molar-refractivity contribution is -0.776. The van der Waals surface area contributed by atoms with Crippen molar-refractivity contribution >= 4 is 5.57 Å². The van der Waals surface area contributed by atoms with E-state index in [-0.39, 0.29) is 12.0 Å². The summed E-state index contributed by atoms with van der Waals surface area (Å²) >= 11 is 0. The second-order valence-corrected chi connectivity index (χ2v) is 5.83. The molecule has 0 spiro atoms. The highest BCUT2D eigenvalue weighted by atomic mass is 16.7. The number of nitro groups is 2. The molecule has 6 nitrogen and oxygen atoms in total. The molecule has 0 amide bonds. The maximum absolute atomic E-state index is 11.6. The van der Waals surface area contributed by atoms with Gasteiger partial charge in [0.15, 0.2) is 0 Å². The molecule has 0 saturated heterocycles. The van der Waals surface area contributed by atoms with E-state index in [1.165, 1.54) is 0 Å². The lowest BCUT2D eigenvalue weighted by Gasteiger charge is -2.25. The monoisotopic (exact) mass is 302 g/mol. The molecule has 1 aromatic carbocycles. The zero-order valence-electron chi connectivity index (χ0n) is 13.0. The van der Waals surface area contributed by atoms with Gasteiger partial charge in [0.2, 0.25) is 0 Å². The summed E-state index contributed by atoms with van der Waals surface area (Å²) in [5, 5.41) is 23.2. The third kappa shape index (κ3) is 2.30. The van der Waals surface area contributed by atoms with Gasteiger partial charge in [0.25, 0.3) is 0 Å². The number of allylic oxidation sites excluding steroid dienone is 2. The van der Waals surface area contributed by atoms with Crippen LogP contribution in [0.4, 0.5) is 0 Å². The molecular weight excluding hydrogens is 284 g/mol. The molecule has 0 bridgehead atoms. The molecule has 0 saturated carbocycles. The van der Waals surface area contributed by atoms with Gasteiger partial charge in [0.05, 0.1) is 0 Å². The molecule has 0 aliphatic heterocycles. The van der Waals surface area contributed by atoms with Crippen LogP contribution >= 0.6 is 0 Å². The van der Waals surface area contributed by atoms with E-state index >= 15 is 0 Å². The highest BCUT2D eigenvalue weighted by molar-refractivity contribution is 5.75. The first-order valence-corrected chi connectivity index (χ1v) is 6.95. The van der Waals surface area contributed by atoms with Crippen LogP contribution in [0.3, 0.4) is 0 Å². The van der Waals surface area contributed by atoms with Gasteiger partial charge in [-0.15, -0.1) is 0 Å². The number of hydrogen-bond donors (Lipinski definition) is 0. The van der Waals surface area contributed by atoms with E-state index in [1.54, 1.807) is 25.1 Å². The van der Waals surface area contributed by atoms with Crippen molar-refractivity contribution in [3.05, 3.63) is 72.3 Å². The van der Waals surface area contributed by atoms with Crippen LogP contribution in [0.15, 0.2) is 35.4 Å². The molecule has 1 aliphatic carbocycles. The van der Waals surface area contributed by atoms with Crippen LogP contribution in [0.5, 0.6) is 0 Å². The van der Waals surface area contributed by atoms with Gasteiger partial charge in [-0.05, 0) is 50.5 Å². The van der Waals surface area contributed by atoms with Crippen LogP contribution in [0.25, 0.3) is 5.57 Å². The first kappa shape index (κ1) is 15.9. The average molecular weight is 302 g/mol. The topological polar surface area (TPSA) is 86.3 Å². The van der Waals surface area contributed by atoms with E-state index in [0.29, 0.717) is 11.1 Å². The molecule has 0 radical (unpaired) electrons. The zero-order valence-corrected chi connectivity index (χ0v) is 13.0. The molecule has 0 atom stereocenters. The number of benzene rings is 1. The van der Waals surface area contributed by atoms with E-state index in [4.69, 9.17) is 0 Å². The van der Waals surface area contributed by atoms with Crippen molar-refractivity contribution in [2.45, 2.75) is 39.8 Å². The molecule has 6 heteroatoms. The Labute approximate surface area is 128 Å². The first-order chi connectivity index (χ1) is 10.2. The minimum absolute atomic E-state index is 0.147. The summed E-state index contributed by atoms with van der Waals surface area (Å²) in [6.45, 7) is 7.33. The van der Waals surface area contributed by atoms with Crippen LogP contribution in [0.2, 0.25) is 0 Å². The third-order valence-electron chi connectivity index (χ3n) is 4.40. The lowest BCUT2D eigenvalue weighted by Crippen LogP contribution is -2.48. The third-order valence-corrected chi connectivity index (χ3v) is 4.40. The summed E-state index contributed by atoms with van der Waals surface area (Å²) in [5.74, 6) is 0. The Hall–Kier alpha value is -2.50. The van der Waals surface area contributed by atoms with Crippen LogP contribution in [-0.2, 0) is 0 Å². The molecule has 0 unspecified atom stereocenters. The summed E-state index contributed by atoms with van der Waals surface area (Å²) < 4.78 is 0. The van der Waals surface area contributed by atoms with Gasteiger partial charge >= 0.3 is 5.66 Å². The molecule has 1 aliphatic rings. The number of aryl methyl sites for hydroxylation is 2. The molecule has 0 N–H and O–H groups in total. The summed E-state index contributed by atoms with van der Waals surface area (Å²) in [7, 11) is 0. The normalized spacial score (nSPS) is 17.2. The van der Waals surface area contributed by atoms with Crippen LogP contribution in [0.1, 0.15) is 37.0 Å². The first-order valence-electron chi connectivity index (χ1n) is 6.95. The predicted molar refractivity (Wildman–Crippen MR) is 83.6 cm³/mol. The van der Waals surface area contributed by atoms with Gasteiger partial charge in [0.1, 0.15) is 21.8 Å². The quantitative estimate of drug-likeness (QED) is 0.484. The summed E-state index contributed by atoms with van der Waals surface area (Å²) in [5.41, 5.74) is 1.86. The molecule has 116 valence electrons. The van der Waals surface area contributed by atoms with Gasteiger partial charge in [-0.3, -0.25) is 20.2 Å². The maximum atomic E-state index is 11.6. The number of hydrogen-bond acceptors (Lipinski definition) is 4. The van der Waals surface area contributed by atoms with Gasteiger partial charge < -0.3 is 0 Å². The fourth-order valence-electron chi connectivity index (χ4n) is 2.68. The summed E-state index contributed by atoms with van der Waals surface area (Å²) in [6, 6.07) is 5.32. The fraction of sp³-hybridized carbons (Fsp3) is 0.375. The highest BCUT2D eigenvalue weighted by Gasteiger charge is 2.61. The largest absolute Gasteiger partial charge is 0.488 e. The minimum atomic E-state index is -2.31. The maximum Gasteiger partial charge on any atom is 0.488 e. The Bertz CT molecular complexity index is 718. The van der Waals surface area contributed by atoms with Crippen LogP contribution < -0.4 is 0 Å². The second kappa shape index (κ2) is 5.36. The predicted octanol–water partition coefficient (Wildman–Crippen LogP) is 3.68. The minimum Gasteiger partial charge on any atom is -0.258 e. The van der Waals surface area contributed by atoms with Crippen molar-refractivity contribution in [2.75, 3.05) is 0 Å². The molecule has 0 fully saturated rings. The van der Waals surface area contributed by atoms with Crippen molar-refractivity contribution in [1.29, 1.82) is 0 Å². The van der Waals surface area contributed by atoms with Crippen molar-refractivity contribution in [1.82, 2.24) is 0 Å². The van der Waals surface area contributed by atoms with Gasteiger partial charge in [0, 0.05) is 0 Å². The smallest absolute Gasteiger partial charge is 0.258 e. The number of nitrogens with zero attached hydrogens (tertiary/aromatic N) is 2. The van der Waals surface area contributed by atoms with Crippen molar-refractivity contribution < 1.29 is 9.85 Å². The van der Waals surface area contributed by atoms with E-state index < -0.39 is 15.5 Å². The van der Waals surface area contributed by atoms with Crippen molar-refractivity contribution in [3.8, 4) is 0 Å². The molecule has 2 rings (SSSR count). The van der Waals surface area contributed by atoms with Gasteiger partial charge in [-0.2, -0.15) is 0 Å². The lowest BCUT2D eigenvalue weighted by atomic mass is 9.81. The molecule has 1 aromatic rings. The zero-order chi connectivity index (χ0) is 16.7. The molecule has 0 aromatic heterocycles. The number of rotatable bonds is 3. The van der Waals surface area contributed by atoms with Gasteiger partial charge in [-0.25, -0.2) is 0 Å². The van der Waals surface area contributed by atoms with E-state index in [9.17, 15) is 20.2 Å². The fourth-order valence-corrected chi connectivity index (χ4v) is 2.68. The summed E-state index contributed by atoms with van der Waals surface area (Å²) in [6.07, 6.45) is 1.37. The van der Waals surface area contributed by atoms with Gasteiger partial charge in [-0.1, -0.05) is 29.3 Å². The van der Waals surface area contributed by atoms with E-state index in [2.05, 4.69) is 0 Å². The highest BCUT2D eigenvalue weighted by Crippen LogP contribution is 2.41. The Kier molecular flexibility index (Phi) is 3.87. The van der Waals surface area contributed by atoms with Crippen LogP contribution in [0, 0.1) is 34.1 Å². The van der Waals surface area contributed by atoms with Crippen molar-refractivity contribution in [2.24, 2.45) is 0 Å². The Balaban J connectivity index is 2.75. The Morgan fingerprint density at radius 1 is 1.00 bits per heavy atom. The Morgan fingerprint density at radius 2 is 1.59 bits per heavy atom. The van der Waals surface area contributed by atoms with E-state index in [1.807, 2.05) is 26.8 Å². The SMILES string of the molecule is CC1=C(C)CC([N+](=O)[O-])([N+](=O)[O-])C(c2ccc(C)c(C)c2)=C1. The van der Waals surface area contributed by atoms with E-state index in [0.717, 1.165) is 16.7 Å². The molecular formula is C16H18N2O4. The van der Waals surface area contributed by atoms with Crippen molar-refractivity contribution in [3.63, 3.8) is 0 Å². The van der Waals surface area contributed by atoms with Crippen LogP contribution in [-0.4, -0.2) is 15.5 Å². The average Bonchev–Trinajstić information content (AvgIpc) is 2.43. The standard InChI is InChI=1S/C16H18N2O4/c1-10-5-6-14(7-11(10)2)15-8-12(3)13(4)9-16(15,17(19)20)18(21)22/h5-8H,9H2,1-4H3. The molecule has 22 heavy (non-hydrogen) atoms. The Morgan fingerprint density at radius 3 is 2.09 bits per heavy atom.